The molecule has 4 nitrogen and oxygen atoms in total. The van der Waals surface area contributed by atoms with Crippen molar-refractivity contribution in [1.29, 1.82) is 0 Å². The van der Waals surface area contributed by atoms with E-state index >= 15 is 0 Å². The lowest BCUT2D eigenvalue weighted by molar-refractivity contribution is -0.117. The summed E-state index contributed by atoms with van der Waals surface area (Å²) in [5, 5.41) is 5.71. The summed E-state index contributed by atoms with van der Waals surface area (Å²) in [5.74, 6) is -0.107. The highest BCUT2D eigenvalue weighted by atomic mass is 16.2. The van der Waals surface area contributed by atoms with Crippen molar-refractivity contribution in [3.8, 4) is 0 Å². The van der Waals surface area contributed by atoms with Crippen LogP contribution in [0.3, 0.4) is 0 Å². The van der Waals surface area contributed by atoms with E-state index in [0.29, 0.717) is 30.6 Å². The third-order valence-electron chi connectivity index (χ3n) is 3.44. The van der Waals surface area contributed by atoms with Crippen LogP contribution in [0.15, 0.2) is 54.6 Å². The lowest BCUT2D eigenvalue weighted by Gasteiger charge is -2.12. The second-order valence-electron chi connectivity index (χ2n) is 5.38. The first kappa shape index (κ1) is 16.7. The molecule has 0 heterocycles. The Bertz CT molecular complexity index is 653. The summed E-state index contributed by atoms with van der Waals surface area (Å²) in [7, 11) is 0. The highest BCUT2D eigenvalue weighted by Crippen LogP contribution is 2.21. The van der Waals surface area contributed by atoms with Gasteiger partial charge in [-0.05, 0) is 30.5 Å². The van der Waals surface area contributed by atoms with Gasteiger partial charge in [0, 0.05) is 12.8 Å². The van der Waals surface area contributed by atoms with Crippen LogP contribution < -0.4 is 10.6 Å². The lowest BCUT2D eigenvalue weighted by Crippen LogP contribution is -2.16. The molecule has 0 unspecified atom stereocenters. The number of carbonyl (C=O) groups excluding carboxylic acids is 2. The van der Waals surface area contributed by atoms with Crippen LogP contribution in [-0.2, 0) is 16.0 Å². The Morgan fingerprint density at radius 3 is 1.87 bits per heavy atom. The molecule has 4 heteroatoms. The third kappa shape index (κ3) is 5.58. The minimum Gasteiger partial charge on any atom is -0.324 e. The lowest BCUT2D eigenvalue weighted by atomic mass is 10.1. The van der Waals surface area contributed by atoms with Crippen molar-refractivity contribution < 1.29 is 9.59 Å². The molecule has 2 N–H and O–H groups in total. The SMILES string of the molecule is CCCC(=O)Nc1ccccc1NC(=O)CCc1ccccc1. The zero-order valence-electron chi connectivity index (χ0n) is 13.3. The molecule has 0 aliphatic rings. The smallest absolute Gasteiger partial charge is 0.224 e. The number of nitrogens with one attached hydrogen (secondary N) is 2. The zero-order chi connectivity index (χ0) is 16.5. The van der Waals surface area contributed by atoms with E-state index < -0.39 is 0 Å². The van der Waals surface area contributed by atoms with Gasteiger partial charge in [0.15, 0.2) is 0 Å². The zero-order valence-corrected chi connectivity index (χ0v) is 13.3. The van der Waals surface area contributed by atoms with E-state index in [9.17, 15) is 9.59 Å². The predicted octanol–water partition coefficient (Wildman–Crippen LogP) is 4.00. The molecule has 0 saturated heterocycles. The number of hydrogen-bond donors (Lipinski definition) is 2. The van der Waals surface area contributed by atoms with Gasteiger partial charge in [0.05, 0.1) is 11.4 Å². The summed E-state index contributed by atoms with van der Waals surface area (Å²) in [5.41, 5.74) is 2.40. The van der Waals surface area contributed by atoms with Crippen molar-refractivity contribution >= 4 is 23.2 Å². The van der Waals surface area contributed by atoms with E-state index in [1.54, 1.807) is 12.1 Å². The fourth-order valence-electron chi connectivity index (χ4n) is 2.26. The van der Waals surface area contributed by atoms with Crippen LogP contribution in [0.1, 0.15) is 31.7 Å². The van der Waals surface area contributed by atoms with Crippen LogP contribution >= 0.6 is 0 Å². The summed E-state index contributed by atoms with van der Waals surface area (Å²) in [6.45, 7) is 1.96. The minimum absolute atomic E-state index is 0.0431. The molecule has 2 aromatic rings. The van der Waals surface area contributed by atoms with Gasteiger partial charge in [0.25, 0.3) is 0 Å². The monoisotopic (exact) mass is 310 g/mol. The third-order valence-corrected chi connectivity index (χ3v) is 3.44. The number of aryl methyl sites for hydroxylation is 1. The van der Waals surface area contributed by atoms with Crippen molar-refractivity contribution in [2.24, 2.45) is 0 Å². The second kappa shape index (κ2) is 8.73. The van der Waals surface area contributed by atoms with E-state index in [0.717, 1.165) is 12.0 Å². The number of para-hydroxylation sites is 2. The molecular weight excluding hydrogens is 288 g/mol. The van der Waals surface area contributed by atoms with E-state index in [-0.39, 0.29) is 11.8 Å². The van der Waals surface area contributed by atoms with Gasteiger partial charge in [-0.15, -0.1) is 0 Å². The topological polar surface area (TPSA) is 58.2 Å². The van der Waals surface area contributed by atoms with Crippen molar-refractivity contribution in [3.63, 3.8) is 0 Å². The molecule has 0 radical (unpaired) electrons. The quantitative estimate of drug-likeness (QED) is 0.812. The number of hydrogen-bond acceptors (Lipinski definition) is 2. The molecular formula is C19H22N2O2. The van der Waals surface area contributed by atoms with Crippen LogP contribution in [0.5, 0.6) is 0 Å². The number of rotatable bonds is 7. The molecule has 0 aliphatic carbocycles. The minimum atomic E-state index is -0.0638. The van der Waals surface area contributed by atoms with Gasteiger partial charge in [-0.25, -0.2) is 0 Å². The Labute approximate surface area is 136 Å². The van der Waals surface area contributed by atoms with Crippen LogP contribution in [0.2, 0.25) is 0 Å². The summed E-state index contributed by atoms with van der Waals surface area (Å²) < 4.78 is 0. The molecule has 0 spiro atoms. The van der Waals surface area contributed by atoms with E-state index in [2.05, 4.69) is 10.6 Å². The van der Waals surface area contributed by atoms with Crippen molar-refractivity contribution in [2.75, 3.05) is 10.6 Å². The van der Waals surface area contributed by atoms with Crippen molar-refractivity contribution in [3.05, 3.63) is 60.2 Å². The summed E-state index contributed by atoms with van der Waals surface area (Å²) in [6.07, 6.45) is 2.35. The molecule has 0 atom stereocenters. The van der Waals surface area contributed by atoms with E-state index in [4.69, 9.17) is 0 Å². The number of anilines is 2. The first-order valence-electron chi connectivity index (χ1n) is 7.91. The molecule has 2 aromatic carbocycles. The highest BCUT2D eigenvalue weighted by molar-refractivity contribution is 5.99. The molecule has 0 fully saturated rings. The van der Waals surface area contributed by atoms with Gasteiger partial charge in [0.1, 0.15) is 0 Å². The number of carbonyl (C=O) groups is 2. The van der Waals surface area contributed by atoms with E-state index in [1.165, 1.54) is 0 Å². The fraction of sp³-hybridized carbons (Fsp3) is 0.263. The maximum Gasteiger partial charge on any atom is 0.224 e. The molecule has 0 bridgehead atoms. The molecule has 0 saturated carbocycles. The largest absolute Gasteiger partial charge is 0.324 e. The van der Waals surface area contributed by atoms with Crippen LogP contribution in [0.4, 0.5) is 11.4 Å². The highest BCUT2D eigenvalue weighted by Gasteiger charge is 2.09. The van der Waals surface area contributed by atoms with Crippen molar-refractivity contribution in [2.45, 2.75) is 32.6 Å². The van der Waals surface area contributed by atoms with Gasteiger partial charge < -0.3 is 10.6 Å². The van der Waals surface area contributed by atoms with E-state index in [1.807, 2.05) is 49.4 Å². The summed E-state index contributed by atoms with van der Waals surface area (Å²) in [4.78, 5) is 23.9. The Morgan fingerprint density at radius 2 is 1.30 bits per heavy atom. The van der Waals surface area contributed by atoms with Gasteiger partial charge in [0.2, 0.25) is 11.8 Å². The fourth-order valence-corrected chi connectivity index (χ4v) is 2.26. The Kier molecular flexibility index (Phi) is 6.36. The van der Waals surface area contributed by atoms with Crippen LogP contribution in [-0.4, -0.2) is 11.8 Å². The average Bonchev–Trinajstić information content (AvgIpc) is 2.56. The predicted molar refractivity (Wildman–Crippen MR) is 93.4 cm³/mol. The van der Waals surface area contributed by atoms with Gasteiger partial charge >= 0.3 is 0 Å². The summed E-state index contributed by atoms with van der Waals surface area (Å²) in [6, 6.07) is 17.2. The Hall–Kier alpha value is -2.62. The molecule has 2 rings (SSSR count). The standard InChI is InChI=1S/C19H22N2O2/c1-2-8-18(22)20-16-11-6-7-12-17(16)21-19(23)14-13-15-9-4-3-5-10-15/h3-7,9-12H,2,8,13-14H2,1H3,(H,20,22)(H,21,23). The maximum atomic E-state index is 12.1. The molecule has 0 aliphatic heterocycles. The average molecular weight is 310 g/mol. The van der Waals surface area contributed by atoms with Crippen molar-refractivity contribution in [1.82, 2.24) is 0 Å². The Balaban J connectivity index is 1.94. The Morgan fingerprint density at radius 1 is 0.783 bits per heavy atom. The maximum absolute atomic E-state index is 12.1. The number of benzene rings is 2. The first-order chi connectivity index (χ1) is 11.2. The normalized spacial score (nSPS) is 10.1. The molecule has 120 valence electrons. The van der Waals surface area contributed by atoms with Gasteiger partial charge in [-0.3, -0.25) is 9.59 Å². The molecule has 2 amide bonds. The first-order valence-corrected chi connectivity index (χ1v) is 7.91. The number of amides is 2. The van der Waals surface area contributed by atoms with Crippen LogP contribution in [0.25, 0.3) is 0 Å². The van der Waals surface area contributed by atoms with Gasteiger partial charge in [-0.2, -0.15) is 0 Å². The summed E-state index contributed by atoms with van der Waals surface area (Å²) >= 11 is 0. The molecule has 0 aromatic heterocycles. The van der Waals surface area contributed by atoms with Gasteiger partial charge in [-0.1, -0.05) is 49.4 Å². The van der Waals surface area contributed by atoms with Crippen LogP contribution in [0, 0.1) is 0 Å². The second-order valence-corrected chi connectivity index (χ2v) is 5.38. The molecule has 23 heavy (non-hydrogen) atoms.